The van der Waals surface area contributed by atoms with Gasteiger partial charge in [0.05, 0.1) is 26.1 Å². The van der Waals surface area contributed by atoms with E-state index in [4.69, 9.17) is 21.7 Å². The number of ether oxygens (including phenoxy) is 2. The summed E-state index contributed by atoms with van der Waals surface area (Å²) in [7, 11) is 3.00. The zero-order valence-electron chi connectivity index (χ0n) is 16.8. The molecule has 0 aliphatic carbocycles. The van der Waals surface area contributed by atoms with Crippen molar-refractivity contribution in [2.75, 3.05) is 24.9 Å². The second-order valence-electron chi connectivity index (χ2n) is 6.79. The molecule has 0 radical (unpaired) electrons. The second kappa shape index (κ2) is 8.88. The summed E-state index contributed by atoms with van der Waals surface area (Å²) >= 11 is 5.15. The number of nitrogens with zero attached hydrogens (tertiary/aromatic N) is 2. The Morgan fingerprint density at radius 2 is 2.03 bits per heavy atom. The molecule has 2 aromatic rings. The Hall–Kier alpha value is -3.22. The third kappa shape index (κ3) is 4.93. The summed E-state index contributed by atoms with van der Waals surface area (Å²) in [4.78, 5) is 12.5. The van der Waals surface area contributed by atoms with Crippen LogP contribution in [0.15, 0.2) is 24.4 Å². The Bertz CT molecular complexity index is 981. The summed E-state index contributed by atoms with van der Waals surface area (Å²) in [5.41, 5.74) is 5.33. The van der Waals surface area contributed by atoms with Gasteiger partial charge < -0.3 is 20.1 Å². The van der Waals surface area contributed by atoms with Crippen molar-refractivity contribution in [1.29, 1.82) is 0 Å². The van der Waals surface area contributed by atoms with Gasteiger partial charge >= 0.3 is 6.18 Å². The Balaban J connectivity index is 1.67. The number of hydrogen-bond acceptors (Lipinski definition) is 6. The number of hydrazine groups is 1. The standard InChI is InChI=1S/C18H21F3N6O3S/c1-9-6-14(18(19,20)21)27-15(23-9)11(8-22-27)16(28)25-26-17(31)24-12-5-4-10(29-2)7-13(12)30-3/h4-5,7-9,14,23H,6H2,1-3H3,(H,25,28)(H2,24,26,31). The number of aromatic nitrogens is 2. The molecule has 1 amide bonds. The first-order chi connectivity index (χ1) is 14.6. The summed E-state index contributed by atoms with van der Waals surface area (Å²) in [6, 6.07) is 2.71. The van der Waals surface area contributed by atoms with E-state index in [1.807, 2.05) is 0 Å². The number of alkyl halides is 3. The third-order valence-corrected chi connectivity index (χ3v) is 4.82. The molecule has 4 N–H and O–H groups in total. The number of methoxy groups -OCH3 is 2. The number of anilines is 2. The first-order valence-corrected chi connectivity index (χ1v) is 9.55. The molecular formula is C18H21F3N6O3S. The fourth-order valence-electron chi connectivity index (χ4n) is 3.14. The molecule has 1 aliphatic heterocycles. The highest BCUT2D eigenvalue weighted by atomic mass is 32.1. The second-order valence-corrected chi connectivity index (χ2v) is 7.20. The van der Waals surface area contributed by atoms with E-state index in [0.29, 0.717) is 17.2 Å². The Morgan fingerprint density at radius 1 is 1.29 bits per heavy atom. The van der Waals surface area contributed by atoms with Crippen molar-refractivity contribution in [3.63, 3.8) is 0 Å². The van der Waals surface area contributed by atoms with Crippen molar-refractivity contribution in [3.8, 4) is 11.5 Å². The fourth-order valence-corrected chi connectivity index (χ4v) is 3.31. The summed E-state index contributed by atoms with van der Waals surface area (Å²) in [6.07, 6.45) is -3.58. The van der Waals surface area contributed by atoms with Crippen molar-refractivity contribution in [2.45, 2.75) is 31.6 Å². The van der Waals surface area contributed by atoms with Gasteiger partial charge in [-0.25, -0.2) is 4.68 Å². The highest BCUT2D eigenvalue weighted by molar-refractivity contribution is 7.80. The van der Waals surface area contributed by atoms with E-state index in [-0.39, 0.29) is 22.9 Å². The van der Waals surface area contributed by atoms with Crippen LogP contribution in [-0.2, 0) is 0 Å². The lowest BCUT2D eigenvalue weighted by molar-refractivity contribution is -0.173. The average Bonchev–Trinajstić information content (AvgIpc) is 3.14. The van der Waals surface area contributed by atoms with E-state index < -0.39 is 24.2 Å². The first-order valence-electron chi connectivity index (χ1n) is 9.14. The van der Waals surface area contributed by atoms with Crippen molar-refractivity contribution in [2.24, 2.45) is 0 Å². The number of thiocarbonyl (C=S) groups is 1. The highest BCUT2D eigenvalue weighted by Gasteiger charge is 2.46. The number of hydrogen-bond donors (Lipinski definition) is 4. The van der Waals surface area contributed by atoms with Crippen molar-refractivity contribution in [3.05, 3.63) is 30.0 Å². The van der Waals surface area contributed by atoms with E-state index in [1.165, 1.54) is 14.2 Å². The van der Waals surface area contributed by atoms with Gasteiger partial charge in [-0.2, -0.15) is 18.3 Å². The normalized spacial score (nSPS) is 17.7. The maximum atomic E-state index is 13.3. The molecule has 2 atom stereocenters. The largest absolute Gasteiger partial charge is 0.497 e. The zero-order valence-corrected chi connectivity index (χ0v) is 17.6. The van der Waals surface area contributed by atoms with E-state index >= 15 is 0 Å². The van der Waals surface area contributed by atoms with Crippen LogP contribution >= 0.6 is 12.2 Å². The van der Waals surface area contributed by atoms with Gasteiger partial charge in [-0.05, 0) is 37.7 Å². The van der Waals surface area contributed by atoms with E-state index in [9.17, 15) is 18.0 Å². The van der Waals surface area contributed by atoms with Crippen LogP contribution in [0.1, 0.15) is 29.7 Å². The molecule has 1 aromatic carbocycles. The first kappa shape index (κ1) is 22.5. The SMILES string of the molecule is COc1ccc(NC(=S)NNC(=O)c2cnn3c2NC(C)CC3C(F)(F)F)c(OC)c1. The van der Waals surface area contributed by atoms with E-state index in [0.717, 1.165) is 10.9 Å². The van der Waals surface area contributed by atoms with Gasteiger partial charge in [0.2, 0.25) is 0 Å². The van der Waals surface area contributed by atoms with Crippen molar-refractivity contribution >= 4 is 34.7 Å². The topological polar surface area (TPSA) is 101 Å². The van der Waals surface area contributed by atoms with Gasteiger partial charge in [-0.3, -0.25) is 15.6 Å². The smallest absolute Gasteiger partial charge is 0.410 e. The number of halogens is 3. The molecule has 31 heavy (non-hydrogen) atoms. The van der Waals surface area contributed by atoms with Crippen LogP contribution in [0, 0.1) is 0 Å². The van der Waals surface area contributed by atoms with Crippen molar-refractivity contribution < 1.29 is 27.4 Å². The summed E-state index contributed by atoms with van der Waals surface area (Å²) in [5.74, 6) is 0.335. The predicted octanol–water partition coefficient (Wildman–Crippen LogP) is 2.84. The van der Waals surface area contributed by atoms with Gasteiger partial charge in [0.15, 0.2) is 11.2 Å². The summed E-state index contributed by atoms with van der Waals surface area (Å²) < 4.78 is 51.1. The maximum absolute atomic E-state index is 13.3. The minimum atomic E-state index is -4.48. The van der Waals surface area contributed by atoms with Crippen LogP contribution < -0.4 is 31.0 Å². The number of nitrogens with one attached hydrogen (secondary N) is 4. The van der Waals surface area contributed by atoms with Gasteiger partial charge in [-0.15, -0.1) is 0 Å². The molecule has 1 aliphatic rings. The minimum absolute atomic E-state index is 0.00363. The lowest BCUT2D eigenvalue weighted by Gasteiger charge is -2.31. The third-order valence-electron chi connectivity index (χ3n) is 4.62. The lowest BCUT2D eigenvalue weighted by Crippen LogP contribution is -2.44. The molecular weight excluding hydrogens is 437 g/mol. The Labute approximate surface area is 181 Å². The molecule has 0 spiro atoms. The molecule has 0 bridgehead atoms. The van der Waals surface area contributed by atoms with Crippen LogP contribution in [0.3, 0.4) is 0 Å². The Morgan fingerprint density at radius 3 is 2.68 bits per heavy atom. The van der Waals surface area contributed by atoms with Gasteiger partial charge in [0, 0.05) is 12.1 Å². The molecule has 2 heterocycles. The molecule has 2 unspecified atom stereocenters. The monoisotopic (exact) mass is 458 g/mol. The zero-order chi connectivity index (χ0) is 22.8. The highest BCUT2D eigenvalue weighted by Crippen LogP contribution is 2.40. The lowest BCUT2D eigenvalue weighted by atomic mass is 10.1. The number of rotatable bonds is 4. The van der Waals surface area contributed by atoms with Gasteiger partial charge in [0.1, 0.15) is 22.9 Å². The summed E-state index contributed by atoms with van der Waals surface area (Å²) in [5, 5.41) is 9.53. The average molecular weight is 458 g/mol. The van der Waals surface area contributed by atoms with Crippen LogP contribution in [0.4, 0.5) is 24.7 Å². The van der Waals surface area contributed by atoms with E-state index in [2.05, 4.69) is 26.6 Å². The minimum Gasteiger partial charge on any atom is -0.497 e. The van der Waals surface area contributed by atoms with Crippen LogP contribution in [0.2, 0.25) is 0 Å². The molecule has 0 fully saturated rings. The van der Waals surface area contributed by atoms with Crippen LogP contribution in [0.25, 0.3) is 0 Å². The predicted molar refractivity (Wildman–Crippen MR) is 111 cm³/mol. The van der Waals surface area contributed by atoms with Gasteiger partial charge in [0.25, 0.3) is 5.91 Å². The van der Waals surface area contributed by atoms with Gasteiger partial charge in [-0.1, -0.05) is 0 Å². The number of fused-ring (bicyclic) bond motifs is 1. The fraction of sp³-hybridized carbons (Fsp3) is 0.389. The number of benzene rings is 1. The quantitative estimate of drug-likeness (QED) is 0.410. The van der Waals surface area contributed by atoms with Crippen LogP contribution in [0.5, 0.6) is 11.5 Å². The molecule has 0 saturated carbocycles. The molecule has 13 heteroatoms. The molecule has 9 nitrogen and oxygen atoms in total. The van der Waals surface area contributed by atoms with Crippen molar-refractivity contribution in [1.82, 2.24) is 20.6 Å². The molecule has 0 saturated heterocycles. The molecule has 168 valence electrons. The van der Waals surface area contributed by atoms with E-state index in [1.54, 1.807) is 25.1 Å². The summed E-state index contributed by atoms with van der Waals surface area (Å²) in [6.45, 7) is 1.61. The number of amides is 1. The molecule has 1 aromatic heterocycles. The number of carbonyl (C=O) groups excluding carboxylic acids is 1. The van der Waals surface area contributed by atoms with Crippen LogP contribution in [-0.4, -0.2) is 47.2 Å². The number of carbonyl (C=O) groups is 1. The Kier molecular flexibility index (Phi) is 6.43. The maximum Gasteiger partial charge on any atom is 0.410 e. The molecule has 3 rings (SSSR count).